The first-order valence-electron chi connectivity index (χ1n) is 3.69. The van der Waals surface area contributed by atoms with Gasteiger partial charge in [-0.25, -0.2) is 8.78 Å². The summed E-state index contributed by atoms with van der Waals surface area (Å²) < 4.78 is 48.8. The largest absolute Gasteiger partial charge is 0.350 e. The minimum absolute atomic E-state index is 0.412. The topological polar surface area (TPSA) is 28.7 Å². The van der Waals surface area contributed by atoms with Crippen LogP contribution in [0.4, 0.5) is 17.6 Å². The lowest BCUT2D eigenvalue weighted by Crippen LogP contribution is -2.23. The summed E-state index contributed by atoms with van der Waals surface area (Å²) in [5.41, 5.74) is -0.491. The van der Waals surface area contributed by atoms with E-state index in [9.17, 15) is 17.6 Å². The Balaban J connectivity index is 2.93. The van der Waals surface area contributed by atoms with Gasteiger partial charge >= 0.3 is 12.3 Å². The number of aromatic amines is 1. The summed E-state index contributed by atoms with van der Waals surface area (Å²) in [5, 5.41) is 5.38. The fraction of sp³-hybridized carbons (Fsp3) is 0.571. The smallest absolute Gasteiger partial charge is 0.282 e. The van der Waals surface area contributed by atoms with Crippen molar-refractivity contribution in [1.29, 1.82) is 0 Å². The van der Waals surface area contributed by atoms with E-state index in [4.69, 9.17) is 0 Å². The first kappa shape index (κ1) is 10.0. The number of aryl methyl sites for hydroxylation is 1. The molecule has 0 amide bonds. The van der Waals surface area contributed by atoms with E-state index < -0.39 is 18.0 Å². The molecule has 0 saturated carbocycles. The van der Waals surface area contributed by atoms with Crippen molar-refractivity contribution in [2.75, 3.05) is 0 Å². The number of aromatic nitrogens is 2. The van der Waals surface area contributed by atoms with E-state index in [1.165, 1.54) is 0 Å². The molecule has 1 aromatic rings. The van der Waals surface area contributed by atoms with Crippen LogP contribution in [0.15, 0.2) is 6.07 Å². The second-order valence-electron chi connectivity index (χ2n) is 2.56. The highest BCUT2D eigenvalue weighted by molar-refractivity contribution is 5.14. The van der Waals surface area contributed by atoms with Crippen LogP contribution in [0.1, 0.15) is 18.3 Å². The standard InChI is InChI=1S/C7H8F4N2/c1-2-4-3-5(13-12-4)7(10,11)6(8)9/h3,6H,2H2,1H3,(H,12,13). The molecule has 0 aliphatic rings. The molecule has 0 atom stereocenters. The van der Waals surface area contributed by atoms with Gasteiger partial charge in [0, 0.05) is 5.69 Å². The quantitative estimate of drug-likeness (QED) is 0.738. The highest BCUT2D eigenvalue weighted by atomic mass is 19.3. The van der Waals surface area contributed by atoms with Gasteiger partial charge in [0.1, 0.15) is 5.69 Å². The Kier molecular flexibility index (Phi) is 2.58. The first-order chi connectivity index (χ1) is 5.98. The van der Waals surface area contributed by atoms with E-state index in [0.717, 1.165) is 6.07 Å². The lowest BCUT2D eigenvalue weighted by atomic mass is 10.2. The molecule has 0 saturated heterocycles. The number of H-pyrrole nitrogens is 1. The predicted molar refractivity (Wildman–Crippen MR) is 37.9 cm³/mol. The van der Waals surface area contributed by atoms with Gasteiger partial charge in [0.2, 0.25) is 0 Å². The maximum atomic E-state index is 12.6. The summed E-state index contributed by atoms with van der Waals surface area (Å²) in [5.74, 6) is -4.16. The van der Waals surface area contributed by atoms with Crippen molar-refractivity contribution in [1.82, 2.24) is 10.2 Å². The fourth-order valence-electron chi connectivity index (χ4n) is 0.825. The van der Waals surface area contributed by atoms with Gasteiger partial charge in [-0.05, 0) is 12.5 Å². The molecule has 2 nitrogen and oxygen atoms in total. The molecule has 0 fully saturated rings. The number of rotatable bonds is 3. The molecule has 1 aromatic heterocycles. The van der Waals surface area contributed by atoms with Crippen LogP contribution in [0, 0.1) is 0 Å². The Bertz CT molecular complexity index is 282. The molecule has 0 aliphatic heterocycles. The summed E-state index contributed by atoms with van der Waals surface area (Å²) in [6, 6.07) is 0.951. The molecule has 0 unspecified atom stereocenters. The molecular formula is C7H8F4N2. The molecular weight excluding hydrogens is 188 g/mol. The third-order valence-electron chi connectivity index (χ3n) is 1.63. The summed E-state index contributed by atoms with van der Waals surface area (Å²) in [6.45, 7) is 1.71. The van der Waals surface area contributed by atoms with Gasteiger partial charge in [-0.1, -0.05) is 6.92 Å². The molecule has 1 heterocycles. The third kappa shape index (κ3) is 1.81. The van der Waals surface area contributed by atoms with Crippen LogP contribution < -0.4 is 0 Å². The second kappa shape index (κ2) is 3.35. The number of halogens is 4. The number of alkyl halides is 4. The molecule has 0 spiro atoms. The zero-order chi connectivity index (χ0) is 10.1. The van der Waals surface area contributed by atoms with Crippen LogP contribution in [0.25, 0.3) is 0 Å². The minimum atomic E-state index is -4.16. The van der Waals surface area contributed by atoms with Gasteiger partial charge in [0.25, 0.3) is 0 Å². The van der Waals surface area contributed by atoms with Crippen molar-refractivity contribution in [3.05, 3.63) is 17.5 Å². The highest BCUT2D eigenvalue weighted by Gasteiger charge is 2.44. The van der Waals surface area contributed by atoms with Gasteiger partial charge in [0.05, 0.1) is 0 Å². The van der Waals surface area contributed by atoms with Gasteiger partial charge in [0.15, 0.2) is 0 Å². The van der Waals surface area contributed by atoms with Crippen LogP contribution in [0.3, 0.4) is 0 Å². The van der Waals surface area contributed by atoms with E-state index in [2.05, 4.69) is 10.2 Å². The lowest BCUT2D eigenvalue weighted by Gasteiger charge is -2.10. The van der Waals surface area contributed by atoms with Crippen LogP contribution in [-0.2, 0) is 12.3 Å². The maximum absolute atomic E-state index is 12.6. The van der Waals surface area contributed by atoms with Crippen molar-refractivity contribution in [2.45, 2.75) is 25.7 Å². The predicted octanol–water partition coefficient (Wildman–Crippen LogP) is 2.33. The van der Waals surface area contributed by atoms with Crippen molar-refractivity contribution >= 4 is 0 Å². The Labute approximate surface area is 72.0 Å². The van der Waals surface area contributed by atoms with Gasteiger partial charge in [-0.3, -0.25) is 5.10 Å². The molecule has 1 rings (SSSR count). The third-order valence-corrected chi connectivity index (χ3v) is 1.63. The van der Waals surface area contributed by atoms with E-state index in [1.807, 2.05) is 0 Å². The monoisotopic (exact) mass is 196 g/mol. The summed E-state index contributed by atoms with van der Waals surface area (Å²) in [4.78, 5) is 0. The molecule has 74 valence electrons. The average Bonchev–Trinajstić information content (AvgIpc) is 2.51. The van der Waals surface area contributed by atoms with Crippen molar-refractivity contribution in [3.63, 3.8) is 0 Å². The number of nitrogens with one attached hydrogen (secondary N) is 1. The Morgan fingerprint density at radius 3 is 2.54 bits per heavy atom. The Hall–Kier alpha value is -1.07. The van der Waals surface area contributed by atoms with E-state index in [-0.39, 0.29) is 0 Å². The summed E-state index contributed by atoms with van der Waals surface area (Å²) >= 11 is 0. The molecule has 13 heavy (non-hydrogen) atoms. The summed E-state index contributed by atoms with van der Waals surface area (Å²) in [6.07, 6.45) is -3.27. The zero-order valence-electron chi connectivity index (χ0n) is 6.82. The highest BCUT2D eigenvalue weighted by Crippen LogP contribution is 2.33. The van der Waals surface area contributed by atoms with Gasteiger partial charge in [-0.2, -0.15) is 13.9 Å². The molecule has 0 bridgehead atoms. The lowest BCUT2D eigenvalue weighted by molar-refractivity contribution is -0.138. The van der Waals surface area contributed by atoms with Crippen molar-refractivity contribution in [3.8, 4) is 0 Å². The fourth-order valence-corrected chi connectivity index (χ4v) is 0.825. The number of nitrogens with zero attached hydrogens (tertiary/aromatic N) is 1. The normalized spacial score (nSPS) is 12.5. The van der Waals surface area contributed by atoms with Gasteiger partial charge < -0.3 is 0 Å². The van der Waals surface area contributed by atoms with Crippen LogP contribution in [0.5, 0.6) is 0 Å². The van der Waals surface area contributed by atoms with E-state index in [1.54, 1.807) is 6.92 Å². The molecule has 6 heteroatoms. The van der Waals surface area contributed by atoms with Crippen molar-refractivity contribution < 1.29 is 17.6 Å². The average molecular weight is 196 g/mol. The molecule has 1 N–H and O–H groups in total. The van der Waals surface area contributed by atoms with E-state index in [0.29, 0.717) is 12.1 Å². The summed E-state index contributed by atoms with van der Waals surface area (Å²) in [7, 11) is 0. The van der Waals surface area contributed by atoms with Crippen LogP contribution in [-0.4, -0.2) is 16.6 Å². The maximum Gasteiger partial charge on any atom is 0.350 e. The first-order valence-corrected chi connectivity index (χ1v) is 3.69. The minimum Gasteiger partial charge on any atom is -0.282 e. The number of hydrogen-bond acceptors (Lipinski definition) is 1. The van der Waals surface area contributed by atoms with Crippen LogP contribution in [0.2, 0.25) is 0 Å². The van der Waals surface area contributed by atoms with Gasteiger partial charge in [-0.15, -0.1) is 0 Å². The van der Waals surface area contributed by atoms with E-state index >= 15 is 0 Å². The second-order valence-corrected chi connectivity index (χ2v) is 2.56. The molecule has 0 aliphatic carbocycles. The zero-order valence-corrected chi connectivity index (χ0v) is 6.82. The van der Waals surface area contributed by atoms with Crippen LogP contribution >= 0.6 is 0 Å². The molecule has 0 aromatic carbocycles. The number of hydrogen-bond donors (Lipinski definition) is 1. The Morgan fingerprint density at radius 2 is 2.15 bits per heavy atom. The Morgan fingerprint density at radius 1 is 1.54 bits per heavy atom. The molecule has 0 radical (unpaired) electrons. The van der Waals surface area contributed by atoms with Crippen molar-refractivity contribution in [2.24, 2.45) is 0 Å². The SMILES string of the molecule is CCc1cc(C(F)(F)C(F)F)n[nH]1.